The fourth-order valence-electron chi connectivity index (χ4n) is 4.43. The number of nitrogens with zero attached hydrogens (tertiary/aromatic N) is 2. The van der Waals surface area contributed by atoms with E-state index in [-0.39, 0.29) is 17.9 Å². The lowest BCUT2D eigenvalue weighted by Gasteiger charge is -2.41. The summed E-state index contributed by atoms with van der Waals surface area (Å²) in [5, 5.41) is 3.12. The summed E-state index contributed by atoms with van der Waals surface area (Å²) >= 11 is 0. The van der Waals surface area contributed by atoms with E-state index < -0.39 is 0 Å². The minimum atomic E-state index is -0.0480. The molecule has 2 amide bonds. The molecule has 2 heterocycles. The molecule has 1 aromatic carbocycles. The van der Waals surface area contributed by atoms with Crippen LogP contribution in [0.25, 0.3) is 0 Å². The van der Waals surface area contributed by atoms with Gasteiger partial charge in [0.25, 0.3) is 5.91 Å². The van der Waals surface area contributed by atoms with Gasteiger partial charge in [-0.25, -0.2) is 0 Å². The van der Waals surface area contributed by atoms with Crippen molar-refractivity contribution in [1.29, 1.82) is 0 Å². The van der Waals surface area contributed by atoms with Crippen LogP contribution in [0.5, 0.6) is 5.75 Å². The van der Waals surface area contributed by atoms with Gasteiger partial charge in [0, 0.05) is 36.8 Å². The van der Waals surface area contributed by atoms with Gasteiger partial charge >= 0.3 is 0 Å². The van der Waals surface area contributed by atoms with Crippen molar-refractivity contribution in [3.8, 4) is 5.75 Å². The normalized spacial score (nSPS) is 24.0. The first-order chi connectivity index (χ1) is 13.5. The maximum atomic E-state index is 12.8. The van der Waals surface area contributed by atoms with E-state index in [4.69, 9.17) is 4.74 Å². The summed E-state index contributed by atoms with van der Waals surface area (Å²) in [6.07, 6.45) is 5.18. The number of hydrogen-bond donors (Lipinski definition) is 1. The minimum absolute atomic E-state index is 0.0480. The van der Waals surface area contributed by atoms with Crippen molar-refractivity contribution in [1.82, 2.24) is 15.1 Å². The third-order valence-electron chi connectivity index (χ3n) is 6.12. The Morgan fingerprint density at radius 1 is 1.04 bits per heavy atom. The Labute approximate surface area is 168 Å². The molecule has 0 aromatic heterocycles. The van der Waals surface area contributed by atoms with Gasteiger partial charge < -0.3 is 15.0 Å². The van der Waals surface area contributed by atoms with Crippen LogP contribution < -0.4 is 10.1 Å². The summed E-state index contributed by atoms with van der Waals surface area (Å²) in [4.78, 5) is 29.5. The van der Waals surface area contributed by atoms with Crippen molar-refractivity contribution in [2.75, 3.05) is 26.7 Å². The standard InChI is InChI=1S/C22H33N3O3/c1-16-5-4-6-17(2)25(16)21(26)15-24-13-11-19(12-14-24)23-22(27)18-7-9-20(28-3)10-8-18/h7-10,16-17,19H,4-6,11-15H2,1-3H3,(H,23,27)/t16-,17-/m0/s1. The van der Waals surface area contributed by atoms with Gasteiger partial charge in [-0.05, 0) is 70.2 Å². The quantitative estimate of drug-likeness (QED) is 0.844. The van der Waals surface area contributed by atoms with Crippen LogP contribution in [0.15, 0.2) is 24.3 Å². The van der Waals surface area contributed by atoms with Crippen LogP contribution in [0.2, 0.25) is 0 Å². The van der Waals surface area contributed by atoms with E-state index in [0.29, 0.717) is 24.2 Å². The lowest BCUT2D eigenvalue weighted by molar-refractivity contribution is -0.138. The summed E-state index contributed by atoms with van der Waals surface area (Å²) < 4.78 is 5.13. The van der Waals surface area contributed by atoms with Crippen molar-refractivity contribution in [3.05, 3.63) is 29.8 Å². The second kappa shape index (κ2) is 9.41. The fourth-order valence-corrected chi connectivity index (χ4v) is 4.43. The number of hydrogen-bond acceptors (Lipinski definition) is 4. The molecule has 2 aliphatic heterocycles. The summed E-state index contributed by atoms with van der Waals surface area (Å²) in [6.45, 7) is 6.50. The molecule has 6 heteroatoms. The Bertz CT molecular complexity index is 658. The van der Waals surface area contributed by atoms with Gasteiger partial charge in [-0.1, -0.05) is 0 Å². The van der Waals surface area contributed by atoms with Crippen LogP contribution in [0.1, 0.15) is 56.3 Å². The van der Waals surface area contributed by atoms with Gasteiger partial charge in [0.15, 0.2) is 0 Å². The molecule has 0 bridgehead atoms. The zero-order valence-corrected chi connectivity index (χ0v) is 17.3. The molecule has 2 saturated heterocycles. The van der Waals surface area contributed by atoms with Gasteiger partial charge in [-0.2, -0.15) is 0 Å². The van der Waals surface area contributed by atoms with Crippen LogP contribution in [0, 0.1) is 0 Å². The second-order valence-electron chi connectivity index (χ2n) is 8.18. The van der Waals surface area contributed by atoms with E-state index in [1.54, 1.807) is 31.4 Å². The average molecular weight is 388 g/mol. The topological polar surface area (TPSA) is 61.9 Å². The van der Waals surface area contributed by atoms with Crippen molar-refractivity contribution < 1.29 is 14.3 Å². The Hall–Kier alpha value is -2.08. The minimum Gasteiger partial charge on any atom is -0.497 e. The van der Waals surface area contributed by atoms with E-state index in [1.165, 1.54) is 6.42 Å². The van der Waals surface area contributed by atoms with E-state index in [1.807, 2.05) is 0 Å². The van der Waals surface area contributed by atoms with E-state index in [2.05, 4.69) is 29.0 Å². The van der Waals surface area contributed by atoms with Crippen molar-refractivity contribution in [2.24, 2.45) is 0 Å². The number of nitrogens with one attached hydrogen (secondary N) is 1. The summed E-state index contributed by atoms with van der Waals surface area (Å²) in [7, 11) is 1.61. The third kappa shape index (κ3) is 5.04. The molecule has 28 heavy (non-hydrogen) atoms. The van der Waals surface area contributed by atoms with E-state index in [9.17, 15) is 9.59 Å². The molecule has 1 aromatic rings. The number of likely N-dealkylation sites (tertiary alicyclic amines) is 2. The fraction of sp³-hybridized carbons (Fsp3) is 0.636. The average Bonchev–Trinajstić information content (AvgIpc) is 2.69. The van der Waals surface area contributed by atoms with E-state index in [0.717, 1.165) is 44.5 Å². The second-order valence-corrected chi connectivity index (χ2v) is 8.18. The SMILES string of the molecule is COc1ccc(C(=O)NC2CCN(CC(=O)N3[C@@H](C)CCC[C@@H]3C)CC2)cc1. The first kappa shape index (κ1) is 20.6. The lowest BCUT2D eigenvalue weighted by Crippen LogP contribution is -2.53. The first-order valence-electron chi connectivity index (χ1n) is 10.5. The van der Waals surface area contributed by atoms with Crippen molar-refractivity contribution in [2.45, 2.75) is 64.1 Å². The molecule has 0 radical (unpaired) electrons. The van der Waals surface area contributed by atoms with Crippen molar-refractivity contribution in [3.63, 3.8) is 0 Å². The van der Waals surface area contributed by atoms with Crippen LogP contribution in [0.4, 0.5) is 0 Å². The zero-order valence-electron chi connectivity index (χ0n) is 17.3. The zero-order chi connectivity index (χ0) is 20.1. The highest BCUT2D eigenvalue weighted by molar-refractivity contribution is 5.94. The van der Waals surface area contributed by atoms with E-state index >= 15 is 0 Å². The molecular formula is C22H33N3O3. The third-order valence-corrected chi connectivity index (χ3v) is 6.12. The first-order valence-corrected chi connectivity index (χ1v) is 10.5. The number of rotatable bonds is 5. The maximum Gasteiger partial charge on any atom is 0.251 e. The van der Waals surface area contributed by atoms with Gasteiger partial charge in [0.05, 0.1) is 13.7 Å². The molecule has 0 saturated carbocycles. The lowest BCUT2D eigenvalue weighted by atomic mass is 9.97. The van der Waals surface area contributed by atoms with Crippen LogP contribution in [-0.2, 0) is 4.79 Å². The number of amides is 2. The predicted molar refractivity (Wildman–Crippen MR) is 110 cm³/mol. The smallest absolute Gasteiger partial charge is 0.251 e. The van der Waals surface area contributed by atoms with Gasteiger partial charge in [0.1, 0.15) is 5.75 Å². The number of piperidine rings is 2. The number of carbonyl (C=O) groups excluding carboxylic acids is 2. The van der Waals surface area contributed by atoms with Crippen molar-refractivity contribution >= 4 is 11.8 Å². The molecule has 0 spiro atoms. The molecule has 2 aliphatic rings. The number of benzene rings is 1. The highest BCUT2D eigenvalue weighted by Crippen LogP contribution is 2.23. The van der Waals surface area contributed by atoms with Gasteiger partial charge in [-0.3, -0.25) is 14.5 Å². The molecule has 154 valence electrons. The van der Waals surface area contributed by atoms with Gasteiger partial charge in [-0.15, -0.1) is 0 Å². The van der Waals surface area contributed by atoms with Crippen LogP contribution in [-0.4, -0.2) is 66.5 Å². The Morgan fingerprint density at radius 2 is 1.64 bits per heavy atom. The molecule has 3 rings (SSSR count). The highest BCUT2D eigenvalue weighted by atomic mass is 16.5. The molecule has 1 N–H and O–H groups in total. The molecule has 2 fully saturated rings. The van der Waals surface area contributed by atoms with Gasteiger partial charge in [0.2, 0.25) is 5.91 Å². The molecule has 0 unspecified atom stereocenters. The predicted octanol–water partition coefficient (Wildman–Crippen LogP) is 2.68. The molecule has 0 aliphatic carbocycles. The molecular weight excluding hydrogens is 354 g/mol. The Morgan fingerprint density at radius 3 is 2.21 bits per heavy atom. The number of ether oxygens (including phenoxy) is 1. The number of methoxy groups -OCH3 is 1. The Kier molecular flexibility index (Phi) is 6.94. The largest absolute Gasteiger partial charge is 0.497 e. The van der Waals surface area contributed by atoms with Crippen LogP contribution >= 0.6 is 0 Å². The highest BCUT2D eigenvalue weighted by Gasteiger charge is 2.30. The molecule has 6 nitrogen and oxygen atoms in total. The van der Waals surface area contributed by atoms with Crippen LogP contribution in [0.3, 0.4) is 0 Å². The molecule has 2 atom stereocenters. The summed E-state index contributed by atoms with van der Waals surface area (Å²) in [5.41, 5.74) is 0.645. The summed E-state index contributed by atoms with van der Waals surface area (Å²) in [6, 6.07) is 8.01. The monoisotopic (exact) mass is 387 g/mol. The maximum absolute atomic E-state index is 12.8. The Balaban J connectivity index is 1.45. The summed E-state index contributed by atoms with van der Waals surface area (Å²) in [5.74, 6) is 0.945. The number of carbonyl (C=O) groups is 2.